The van der Waals surface area contributed by atoms with Crippen LogP contribution in [0, 0.1) is 13.8 Å². The van der Waals surface area contributed by atoms with Crippen molar-refractivity contribution in [1.82, 2.24) is 4.98 Å². The fourth-order valence-electron chi connectivity index (χ4n) is 3.20. The van der Waals surface area contributed by atoms with Crippen LogP contribution in [-0.4, -0.2) is 16.1 Å². The smallest absolute Gasteiger partial charge is 0.337 e. The van der Waals surface area contributed by atoms with E-state index in [9.17, 15) is 9.90 Å². The lowest BCUT2D eigenvalue weighted by Crippen LogP contribution is -2.12. The van der Waals surface area contributed by atoms with Crippen molar-refractivity contribution in [3.05, 3.63) is 81.6 Å². The zero-order chi connectivity index (χ0) is 21.1. The number of aromatic nitrogens is 1. The number of carbonyl (C=O) groups is 1. The van der Waals surface area contributed by atoms with Gasteiger partial charge in [-0.05, 0) is 60.7 Å². The summed E-state index contributed by atoms with van der Waals surface area (Å²) in [6, 6.07) is 15.0. The molecule has 0 bridgehead atoms. The topological polar surface area (TPSA) is 59.4 Å². The van der Waals surface area contributed by atoms with Crippen molar-refractivity contribution in [1.29, 1.82) is 0 Å². The monoisotopic (exact) mass is 409 g/mol. The SMILES string of the molecule is Cc1ccc(C)c(OCc2nc(C(C)C)c(-c3cccc(Cl)c3)cc2C(=O)O)c1. The second kappa shape index (κ2) is 8.66. The first-order valence-electron chi connectivity index (χ1n) is 9.49. The van der Waals surface area contributed by atoms with Crippen molar-refractivity contribution < 1.29 is 14.6 Å². The van der Waals surface area contributed by atoms with E-state index in [1.165, 1.54) is 0 Å². The molecule has 5 heteroatoms. The number of hydrogen-bond donors (Lipinski definition) is 1. The second-order valence-electron chi connectivity index (χ2n) is 7.44. The number of nitrogens with zero attached hydrogens (tertiary/aromatic N) is 1. The molecule has 0 aliphatic rings. The molecule has 0 aliphatic carbocycles. The summed E-state index contributed by atoms with van der Waals surface area (Å²) in [4.78, 5) is 16.7. The van der Waals surface area contributed by atoms with Crippen LogP contribution in [0.2, 0.25) is 5.02 Å². The summed E-state index contributed by atoms with van der Waals surface area (Å²) in [6.45, 7) is 8.10. The lowest BCUT2D eigenvalue weighted by Gasteiger charge is -2.17. The van der Waals surface area contributed by atoms with Gasteiger partial charge in [-0.25, -0.2) is 4.79 Å². The van der Waals surface area contributed by atoms with E-state index in [0.717, 1.165) is 33.7 Å². The molecule has 2 aromatic carbocycles. The number of benzene rings is 2. The highest BCUT2D eigenvalue weighted by atomic mass is 35.5. The van der Waals surface area contributed by atoms with Gasteiger partial charge in [-0.3, -0.25) is 4.98 Å². The highest BCUT2D eigenvalue weighted by molar-refractivity contribution is 6.30. The Bertz CT molecular complexity index is 1060. The first kappa shape index (κ1) is 20.9. The molecule has 150 valence electrons. The zero-order valence-corrected chi connectivity index (χ0v) is 17.7. The molecule has 0 amide bonds. The second-order valence-corrected chi connectivity index (χ2v) is 7.88. The minimum absolute atomic E-state index is 0.0848. The summed E-state index contributed by atoms with van der Waals surface area (Å²) >= 11 is 6.15. The molecule has 3 rings (SSSR count). The minimum Gasteiger partial charge on any atom is -0.487 e. The average molecular weight is 410 g/mol. The number of aryl methyl sites for hydroxylation is 2. The predicted molar refractivity (Wildman–Crippen MR) is 116 cm³/mol. The molecule has 0 saturated heterocycles. The number of aromatic carboxylic acids is 1. The van der Waals surface area contributed by atoms with E-state index in [-0.39, 0.29) is 18.1 Å². The number of carboxylic acids is 1. The van der Waals surface area contributed by atoms with Crippen molar-refractivity contribution >= 4 is 17.6 Å². The predicted octanol–water partition coefficient (Wildman–Crippen LogP) is 6.42. The number of carboxylic acid groups (broad SMARTS) is 1. The van der Waals surface area contributed by atoms with E-state index >= 15 is 0 Å². The van der Waals surface area contributed by atoms with Crippen LogP contribution in [0.3, 0.4) is 0 Å². The third kappa shape index (κ3) is 4.77. The normalized spacial score (nSPS) is 11.0. The van der Waals surface area contributed by atoms with Gasteiger partial charge in [0.25, 0.3) is 0 Å². The molecule has 0 aliphatic heterocycles. The third-order valence-electron chi connectivity index (χ3n) is 4.75. The summed E-state index contributed by atoms with van der Waals surface area (Å²) in [5.41, 5.74) is 5.05. The Morgan fingerprint density at radius 2 is 1.90 bits per heavy atom. The molecule has 4 nitrogen and oxygen atoms in total. The summed E-state index contributed by atoms with van der Waals surface area (Å²) in [5, 5.41) is 10.4. The number of pyridine rings is 1. The molecule has 1 aromatic heterocycles. The molecule has 1 N–H and O–H groups in total. The third-order valence-corrected chi connectivity index (χ3v) is 4.99. The standard InChI is InChI=1S/C24H24ClNO3/c1-14(2)23-19(17-6-5-7-18(25)11-17)12-20(24(27)28)21(26-23)13-29-22-10-15(3)8-9-16(22)4/h5-12,14H,13H2,1-4H3,(H,27,28). The Balaban J connectivity index is 2.06. The highest BCUT2D eigenvalue weighted by Gasteiger charge is 2.20. The molecule has 0 unspecified atom stereocenters. The van der Waals surface area contributed by atoms with E-state index < -0.39 is 5.97 Å². The molecule has 0 radical (unpaired) electrons. The van der Waals surface area contributed by atoms with Crippen molar-refractivity contribution in [2.75, 3.05) is 0 Å². The van der Waals surface area contributed by atoms with Crippen molar-refractivity contribution in [3.8, 4) is 16.9 Å². The Morgan fingerprint density at radius 3 is 2.55 bits per heavy atom. The van der Waals surface area contributed by atoms with Crippen LogP contribution in [0.4, 0.5) is 0 Å². The maximum absolute atomic E-state index is 12.0. The van der Waals surface area contributed by atoms with Gasteiger partial charge < -0.3 is 9.84 Å². The Morgan fingerprint density at radius 1 is 1.14 bits per heavy atom. The van der Waals surface area contributed by atoms with E-state index in [1.807, 2.05) is 64.1 Å². The minimum atomic E-state index is -1.03. The van der Waals surface area contributed by atoms with E-state index in [4.69, 9.17) is 21.3 Å². The number of halogens is 1. The van der Waals surface area contributed by atoms with E-state index in [0.29, 0.717) is 10.7 Å². The van der Waals surface area contributed by atoms with Crippen molar-refractivity contribution in [2.24, 2.45) is 0 Å². The first-order chi connectivity index (χ1) is 13.8. The van der Waals surface area contributed by atoms with Crippen LogP contribution >= 0.6 is 11.6 Å². The van der Waals surface area contributed by atoms with Crippen LogP contribution in [0.1, 0.15) is 52.6 Å². The molecular formula is C24H24ClNO3. The molecule has 3 aromatic rings. The Labute approximate surface area is 176 Å². The number of ether oxygens (including phenoxy) is 1. The fourth-order valence-corrected chi connectivity index (χ4v) is 3.39. The summed E-state index contributed by atoms with van der Waals surface area (Å²) in [7, 11) is 0. The van der Waals surface area contributed by atoms with Gasteiger partial charge >= 0.3 is 5.97 Å². The molecule has 1 heterocycles. The average Bonchev–Trinajstić information content (AvgIpc) is 2.67. The first-order valence-corrected chi connectivity index (χ1v) is 9.87. The summed E-state index contributed by atoms with van der Waals surface area (Å²) < 4.78 is 5.95. The van der Waals surface area contributed by atoms with E-state index in [2.05, 4.69) is 0 Å². The van der Waals surface area contributed by atoms with Gasteiger partial charge in [-0.15, -0.1) is 0 Å². The van der Waals surface area contributed by atoms with Crippen molar-refractivity contribution in [2.45, 2.75) is 40.2 Å². The van der Waals surface area contributed by atoms with Gasteiger partial charge in [-0.2, -0.15) is 0 Å². The lowest BCUT2D eigenvalue weighted by molar-refractivity contribution is 0.0693. The quantitative estimate of drug-likeness (QED) is 0.510. The summed E-state index contributed by atoms with van der Waals surface area (Å²) in [6.07, 6.45) is 0. The Kier molecular flexibility index (Phi) is 6.23. The van der Waals surface area contributed by atoms with Crippen LogP contribution in [0.15, 0.2) is 48.5 Å². The molecule has 0 fully saturated rings. The van der Waals surface area contributed by atoms with Crippen LogP contribution in [-0.2, 0) is 6.61 Å². The van der Waals surface area contributed by atoms with Gasteiger partial charge in [-0.1, -0.05) is 49.7 Å². The highest BCUT2D eigenvalue weighted by Crippen LogP contribution is 2.32. The lowest BCUT2D eigenvalue weighted by atomic mass is 9.95. The van der Waals surface area contributed by atoms with Gasteiger partial charge in [0.15, 0.2) is 0 Å². The van der Waals surface area contributed by atoms with E-state index in [1.54, 1.807) is 12.1 Å². The molecule has 0 saturated carbocycles. The van der Waals surface area contributed by atoms with Crippen LogP contribution in [0.25, 0.3) is 11.1 Å². The van der Waals surface area contributed by atoms with Crippen LogP contribution in [0.5, 0.6) is 5.75 Å². The number of rotatable bonds is 6. The van der Waals surface area contributed by atoms with Crippen LogP contribution < -0.4 is 4.74 Å². The summed E-state index contributed by atoms with van der Waals surface area (Å²) in [5.74, 6) is -0.199. The van der Waals surface area contributed by atoms with Gasteiger partial charge in [0.05, 0.1) is 17.0 Å². The van der Waals surface area contributed by atoms with Crippen molar-refractivity contribution in [3.63, 3.8) is 0 Å². The molecule has 0 atom stereocenters. The van der Waals surface area contributed by atoms with Gasteiger partial charge in [0.1, 0.15) is 12.4 Å². The van der Waals surface area contributed by atoms with Gasteiger partial charge in [0.2, 0.25) is 0 Å². The van der Waals surface area contributed by atoms with Gasteiger partial charge in [0, 0.05) is 10.6 Å². The molecular weight excluding hydrogens is 386 g/mol. The number of hydrogen-bond acceptors (Lipinski definition) is 3. The maximum atomic E-state index is 12.0. The zero-order valence-electron chi connectivity index (χ0n) is 17.0. The fraction of sp³-hybridized carbons (Fsp3) is 0.250. The largest absolute Gasteiger partial charge is 0.487 e. The Hall–Kier alpha value is -2.85. The maximum Gasteiger partial charge on any atom is 0.337 e. The molecule has 29 heavy (non-hydrogen) atoms. The molecule has 0 spiro atoms.